The molecule has 10 bridgehead atoms. The van der Waals surface area contributed by atoms with E-state index >= 15 is 0 Å². The van der Waals surface area contributed by atoms with E-state index in [4.69, 9.17) is 105 Å². The lowest BCUT2D eigenvalue weighted by atomic mass is 9.94. The zero-order valence-corrected chi connectivity index (χ0v) is 43.3. The Bertz CT molecular complexity index is 2000. The number of rotatable bonds is 30. The summed E-state index contributed by atoms with van der Waals surface area (Å²) in [5.41, 5.74) is 68.7. The Kier molecular flexibility index (Phi) is 23.9. The van der Waals surface area contributed by atoms with Crippen LogP contribution in [0, 0.1) is 0 Å². The first kappa shape index (κ1) is 58.0. The van der Waals surface area contributed by atoms with Crippen LogP contribution in [-0.4, -0.2) is 132 Å². The molecule has 20 nitrogen and oxygen atoms in total. The molecule has 0 spiro atoms. The van der Waals surface area contributed by atoms with Gasteiger partial charge in [0, 0.05) is 153 Å². The molecule has 20 heteroatoms. The zero-order chi connectivity index (χ0) is 53.4. The Morgan fingerprint density at radius 1 is 0.187 bits per heavy atom. The molecule has 0 aliphatic heterocycles. The fourth-order valence-electron chi connectivity index (χ4n) is 8.66. The standard InChI is InChI=1S/C55H80N10O10/c56-1-11-66-46-26-37-22-39-29-51(71-16-6-61)41(31-50(39)70-15-5-60)24-43-33-55(75-20-10-65)45(35-54(43)74-19-9-64)25-44-34-52(72-17-7-62)42(32-53(44)73-18-8-63)23-40-30-48(68-13-3-58)38(28-49(40)69-14-4-59)21-36(46)27-47(37)67-12-2-57/h26-35H,1-25,56-65H2. The molecule has 20 N–H and O–H groups in total. The summed E-state index contributed by atoms with van der Waals surface area (Å²) in [6.07, 6.45) is 1.66. The van der Waals surface area contributed by atoms with Gasteiger partial charge in [-0.3, -0.25) is 0 Å². The lowest BCUT2D eigenvalue weighted by Crippen LogP contribution is -2.16. The summed E-state index contributed by atoms with van der Waals surface area (Å²) in [6, 6.07) is 19.7. The summed E-state index contributed by atoms with van der Waals surface area (Å²) in [7, 11) is 0. The molecule has 10 aliphatic carbocycles. The van der Waals surface area contributed by atoms with Crippen molar-refractivity contribution < 1.29 is 47.4 Å². The Morgan fingerprint density at radius 2 is 0.280 bits per heavy atom. The summed E-state index contributed by atoms with van der Waals surface area (Å²) in [5.74, 6) is 5.91. The predicted octanol–water partition coefficient (Wildman–Crippen LogP) is 1.33. The van der Waals surface area contributed by atoms with E-state index in [0.717, 1.165) is 55.6 Å². The average molecular weight is 1040 g/mol. The highest BCUT2D eigenvalue weighted by Gasteiger charge is 2.25. The minimum atomic E-state index is 0.244. The molecule has 0 aromatic heterocycles. The van der Waals surface area contributed by atoms with E-state index < -0.39 is 0 Å². The summed E-state index contributed by atoms with van der Waals surface area (Å²) in [6.45, 7) is 5.18. The number of hydrogen-bond acceptors (Lipinski definition) is 20. The van der Waals surface area contributed by atoms with Crippen LogP contribution in [0.15, 0.2) is 60.7 Å². The molecule has 0 saturated heterocycles. The van der Waals surface area contributed by atoms with E-state index in [1.165, 1.54) is 0 Å². The molecule has 0 radical (unpaired) electrons. The molecule has 10 aliphatic rings. The number of benzene rings is 5. The minimum Gasteiger partial charge on any atom is -0.492 e. The Hall–Kier alpha value is -6.30. The van der Waals surface area contributed by atoms with E-state index in [2.05, 4.69) is 0 Å². The summed E-state index contributed by atoms with van der Waals surface area (Å²) in [4.78, 5) is 0. The molecular formula is C55H80N10O10. The van der Waals surface area contributed by atoms with Crippen molar-refractivity contribution in [3.05, 3.63) is 116 Å². The van der Waals surface area contributed by atoms with E-state index in [1.54, 1.807) is 0 Å². The van der Waals surface area contributed by atoms with Crippen LogP contribution in [0.5, 0.6) is 57.5 Å². The third-order valence-electron chi connectivity index (χ3n) is 11.9. The van der Waals surface area contributed by atoms with Crippen molar-refractivity contribution in [2.45, 2.75) is 32.1 Å². The average Bonchev–Trinajstić information content (AvgIpc) is 3.42. The quantitative estimate of drug-likeness (QED) is 0.0304. The van der Waals surface area contributed by atoms with E-state index in [9.17, 15) is 0 Å². The Morgan fingerprint density at radius 3 is 0.360 bits per heavy atom. The lowest BCUT2D eigenvalue weighted by Gasteiger charge is -2.22. The second-order valence-electron chi connectivity index (χ2n) is 17.6. The first-order chi connectivity index (χ1) is 36.7. The molecule has 0 heterocycles. The van der Waals surface area contributed by atoms with Crippen LogP contribution in [0.1, 0.15) is 55.6 Å². The molecule has 410 valence electrons. The van der Waals surface area contributed by atoms with Gasteiger partial charge in [0.25, 0.3) is 0 Å². The normalized spacial score (nSPS) is 12.1. The fraction of sp³-hybridized carbons (Fsp3) is 0.455. The Balaban J connectivity index is 1.72. The first-order valence-corrected chi connectivity index (χ1v) is 25.8. The van der Waals surface area contributed by atoms with Gasteiger partial charge >= 0.3 is 0 Å². The fourth-order valence-corrected chi connectivity index (χ4v) is 8.66. The van der Waals surface area contributed by atoms with E-state index in [1.807, 2.05) is 60.7 Å². The highest BCUT2D eigenvalue weighted by Crippen LogP contribution is 2.43. The number of nitrogens with two attached hydrogens (primary N) is 10. The van der Waals surface area contributed by atoms with Gasteiger partial charge in [0.1, 0.15) is 124 Å². The molecule has 5 aromatic rings. The van der Waals surface area contributed by atoms with Gasteiger partial charge in [0.2, 0.25) is 0 Å². The van der Waals surface area contributed by atoms with Crippen LogP contribution in [0.25, 0.3) is 0 Å². The highest BCUT2D eigenvalue weighted by molar-refractivity contribution is 5.60. The monoisotopic (exact) mass is 1040 g/mol. The molecule has 75 heavy (non-hydrogen) atoms. The zero-order valence-electron chi connectivity index (χ0n) is 43.3. The van der Waals surface area contributed by atoms with E-state index in [0.29, 0.717) is 89.6 Å². The van der Waals surface area contributed by atoms with Crippen LogP contribution in [0.4, 0.5) is 0 Å². The van der Waals surface area contributed by atoms with Crippen molar-refractivity contribution >= 4 is 0 Å². The second kappa shape index (κ2) is 30.9. The maximum absolute atomic E-state index is 6.46. The summed E-state index contributed by atoms with van der Waals surface area (Å²) >= 11 is 0. The molecule has 15 rings (SSSR count). The second-order valence-corrected chi connectivity index (χ2v) is 17.6. The minimum absolute atomic E-state index is 0.244. The third kappa shape index (κ3) is 16.3. The van der Waals surface area contributed by atoms with Crippen molar-refractivity contribution in [1.29, 1.82) is 0 Å². The van der Waals surface area contributed by atoms with Gasteiger partial charge in [0.15, 0.2) is 0 Å². The summed E-state index contributed by atoms with van der Waals surface area (Å²) in [5, 5.41) is 0. The first-order valence-electron chi connectivity index (χ1n) is 25.8. The highest BCUT2D eigenvalue weighted by atomic mass is 16.5. The van der Waals surface area contributed by atoms with Gasteiger partial charge < -0.3 is 105 Å². The summed E-state index contributed by atoms with van der Waals surface area (Å²) < 4.78 is 64.6. The van der Waals surface area contributed by atoms with Crippen molar-refractivity contribution in [1.82, 2.24) is 0 Å². The molecule has 0 unspecified atom stereocenters. The van der Waals surface area contributed by atoms with Gasteiger partial charge in [-0.25, -0.2) is 0 Å². The van der Waals surface area contributed by atoms with Gasteiger partial charge in [-0.05, 0) is 60.7 Å². The maximum Gasteiger partial charge on any atom is 0.123 e. The van der Waals surface area contributed by atoms with Crippen LogP contribution in [0.2, 0.25) is 0 Å². The maximum atomic E-state index is 6.46. The lowest BCUT2D eigenvalue weighted by molar-refractivity contribution is 0.309. The molecule has 0 fully saturated rings. The van der Waals surface area contributed by atoms with Crippen molar-refractivity contribution in [2.75, 3.05) is 132 Å². The molecular weight excluding hydrogens is 961 g/mol. The largest absolute Gasteiger partial charge is 0.492 e. The van der Waals surface area contributed by atoms with Crippen molar-refractivity contribution in [3.8, 4) is 57.5 Å². The predicted molar refractivity (Wildman–Crippen MR) is 292 cm³/mol. The van der Waals surface area contributed by atoms with Gasteiger partial charge in [0.05, 0.1) is 0 Å². The molecule has 5 aromatic carbocycles. The number of hydrogen-bond donors (Lipinski definition) is 10. The van der Waals surface area contributed by atoms with Crippen LogP contribution in [0.3, 0.4) is 0 Å². The van der Waals surface area contributed by atoms with Crippen LogP contribution < -0.4 is 105 Å². The van der Waals surface area contributed by atoms with Gasteiger partial charge in [-0.15, -0.1) is 0 Å². The third-order valence-corrected chi connectivity index (χ3v) is 11.9. The van der Waals surface area contributed by atoms with Crippen LogP contribution in [-0.2, 0) is 32.1 Å². The SMILES string of the molecule is NCCOc1cc2c(OCCN)cc1Cc1cc(OCCN)c(cc1OCCN)Cc1cc(OCCN)c(cc1OCCN)Cc1cc(OCCN)c(cc1OCCN)Cc1cc(OCCN)c(cc1OCCN)C2. The number of ether oxygens (including phenoxy) is 10. The van der Waals surface area contributed by atoms with Gasteiger partial charge in [-0.2, -0.15) is 0 Å². The smallest absolute Gasteiger partial charge is 0.123 e. The topological polar surface area (TPSA) is 352 Å². The Labute approximate surface area is 440 Å². The van der Waals surface area contributed by atoms with Gasteiger partial charge in [-0.1, -0.05) is 0 Å². The van der Waals surface area contributed by atoms with Crippen molar-refractivity contribution in [3.63, 3.8) is 0 Å². The van der Waals surface area contributed by atoms with Crippen molar-refractivity contribution in [2.24, 2.45) is 57.3 Å². The molecule has 0 atom stereocenters. The molecule has 0 saturated carbocycles. The van der Waals surface area contributed by atoms with E-state index in [-0.39, 0.29) is 132 Å². The van der Waals surface area contributed by atoms with Crippen LogP contribution >= 0.6 is 0 Å². The molecule has 0 amide bonds.